The SMILES string of the molecule is C=C/C(Cl)=C(\C(=C)Cl)C(N)=O. The molecule has 0 fully saturated rings. The van der Waals surface area contributed by atoms with Crippen LogP contribution in [0.5, 0.6) is 0 Å². The van der Waals surface area contributed by atoms with E-state index in [0.29, 0.717) is 0 Å². The molecule has 0 aliphatic rings. The molecular weight excluding hydrogens is 185 g/mol. The monoisotopic (exact) mass is 191 g/mol. The largest absolute Gasteiger partial charge is 0.366 e. The zero-order valence-corrected chi connectivity index (χ0v) is 7.24. The van der Waals surface area contributed by atoms with Crippen molar-refractivity contribution in [3.8, 4) is 0 Å². The van der Waals surface area contributed by atoms with Crippen molar-refractivity contribution in [3.05, 3.63) is 34.9 Å². The van der Waals surface area contributed by atoms with Crippen molar-refractivity contribution in [1.29, 1.82) is 0 Å². The summed E-state index contributed by atoms with van der Waals surface area (Å²) in [6, 6.07) is 0. The van der Waals surface area contributed by atoms with Crippen LogP contribution in [0.1, 0.15) is 0 Å². The lowest BCUT2D eigenvalue weighted by Gasteiger charge is -2.00. The van der Waals surface area contributed by atoms with Crippen LogP contribution in [0.15, 0.2) is 34.9 Å². The summed E-state index contributed by atoms with van der Waals surface area (Å²) in [7, 11) is 0. The fraction of sp³-hybridized carbons (Fsp3) is 0. The lowest BCUT2D eigenvalue weighted by Crippen LogP contribution is -2.14. The average Bonchev–Trinajstić information content (AvgIpc) is 1.85. The van der Waals surface area contributed by atoms with Gasteiger partial charge in [-0.3, -0.25) is 4.79 Å². The van der Waals surface area contributed by atoms with Crippen LogP contribution in [0.4, 0.5) is 0 Å². The van der Waals surface area contributed by atoms with Crippen molar-refractivity contribution in [2.75, 3.05) is 0 Å². The topological polar surface area (TPSA) is 43.1 Å². The lowest BCUT2D eigenvalue weighted by molar-refractivity contribution is -0.114. The minimum absolute atomic E-state index is 0.00309. The van der Waals surface area contributed by atoms with Gasteiger partial charge >= 0.3 is 0 Å². The molecule has 2 nitrogen and oxygen atoms in total. The van der Waals surface area contributed by atoms with E-state index in [0.717, 1.165) is 0 Å². The summed E-state index contributed by atoms with van der Waals surface area (Å²) in [4.78, 5) is 10.6. The molecule has 2 N–H and O–H groups in total. The first-order valence-electron chi connectivity index (χ1n) is 2.67. The van der Waals surface area contributed by atoms with Crippen LogP contribution in [0.3, 0.4) is 0 Å². The molecule has 4 heteroatoms. The number of amides is 1. The molecule has 0 saturated carbocycles. The third-order valence-corrected chi connectivity index (χ3v) is 1.47. The molecule has 0 aromatic rings. The molecule has 60 valence electrons. The zero-order valence-electron chi connectivity index (χ0n) is 5.73. The lowest BCUT2D eigenvalue weighted by atomic mass is 10.2. The van der Waals surface area contributed by atoms with E-state index < -0.39 is 5.91 Å². The van der Waals surface area contributed by atoms with Gasteiger partial charge in [-0.25, -0.2) is 0 Å². The van der Waals surface area contributed by atoms with Gasteiger partial charge in [0.25, 0.3) is 5.91 Å². The minimum Gasteiger partial charge on any atom is -0.366 e. The van der Waals surface area contributed by atoms with Crippen LogP contribution in [0.2, 0.25) is 0 Å². The number of primary amides is 1. The summed E-state index contributed by atoms with van der Waals surface area (Å²) >= 11 is 11.0. The molecule has 0 rings (SSSR count). The van der Waals surface area contributed by atoms with E-state index in [4.69, 9.17) is 28.9 Å². The van der Waals surface area contributed by atoms with Crippen LogP contribution in [0, 0.1) is 0 Å². The van der Waals surface area contributed by atoms with E-state index in [1.54, 1.807) is 0 Å². The molecule has 0 aliphatic carbocycles. The van der Waals surface area contributed by atoms with Gasteiger partial charge < -0.3 is 5.73 Å². The fourth-order valence-corrected chi connectivity index (χ4v) is 0.933. The van der Waals surface area contributed by atoms with Crippen LogP contribution < -0.4 is 5.73 Å². The van der Waals surface area contributed by atoms with Gasteiger partial charge in [0.1, 0.15) is 0 Å². The fourth-order valence-electron chi connectivity index (χ4n) is 0.483. The Morgan fingerprint density at radius 2 is 1.91 bits per heavy atom. The second-order valence-electron chi connectivity index (χ2n) is 1.70. The Kier molecular flexibility index (Phi) is 3.93. The van der Waals surface area contributed by atoms with E-state index in [9.17, 15) is 4.79 Å². The third-order valence-electron chi connectivity index (χ3n) is 0.936. The molecule has 0 bridgehead atoms. The molecule has 0 radical (unpaired) electrons. The van der Waals surface area contributed by atoms with Crippen molar-refractivity contribution >= 4 is 29.1 Å². The number of nitrogens with two attached hydrogens (primary N) is 1. The van der Waals surface area contributed by atoms with E-state index in [1.807, 2.05) is 0 Å². The summed E-state index contributed by atoms with van der Waals surface area (Å²) in [5.74, 6) is -0.713. The molecule has 0 atom stereocenters. The Morgan fingerprint density at radius 1 is 1.45 bits per heavy atom. The van der Waals surface area contributed by atoms with Gasteiger partial charge in [-0.1, -0.05) is 36.4 Å². The van der Waals surface area contributed by atoms with Crippen LogP contribution >= 0.6 is 23.2 Å². The maximum Gasteiger partial charge on any atom is 0.251 e. The predicted octanol–water partition coefficient (Wildman–Crippen LogP) is 1.90. The molecule has 0 aromatic heterocycles. The number of hydrogen-bond donors (Lipinski definition) is 1. The van der Waals surface area contributed by atoms with E-state index in [-0.39, 0.29) is 15.6 Å². The van der Waals surface area contributed by atoms with Crippen LogP contribution in [-0.2, 0) is 4.79 Å². The van der Waals surface area contributed by atoms with E-state index >= 15 is 0 Å². The summed E-state index contributed by atoms with van der Waals surface area (Å²) in [6.07, 6.45) is 1.27. The third kappa shape index (κ3) is 2.78. The number of carbonyl (C=O) groups excluding carboxylic acids is 1. The van der Waals surface area contributed by atoms with Crippen molar-refractivity contribution in [2.45, 2.75) is 0 Å². The Labute approximate surface area is 75.0 Å². The molecule has 0 aromatic carbocycles. The van der Waals surface area contributed by atoms with Gasteiger partial charge in [0.05, 0.1) is 10.6 Å². The predicted molar refractivity (Wildman–Crippen MR) is 47.3 cm³/mol. The highest BCUT2D eigenvalue weighted by molar-refractivity contribution is 6.40. The van der Waals surface area contributed by atoms with Gasteiger partial charge in [-0.2, -0.15) is 0 Å². The van der Waals surface area contributed by atoms with Gasteiger partial charge in [0.2, 0.25) is 0 Å². The van der Waals surface area contributed by atoms with E-state index in [2.05, 4.69) is 13.2 Å². The van der Waals surface area contributed by atoms with Crippen molar-refractivity contribution < 1.29 is 4.79 Å². The Bertz CT molecular complexity index is 227. The maximum absolute atomic E-state index is 10.6. The summed E-state index contributed by atoms with van der Waals surface area (Å²) in [5.41, 5.74) is 4.94. The Morgan fingerprint density at radius 3 is 2.00 bits per heavy atom. The summed E-state index contributed by atoms with van der Waals surface area (Å²) in [6.45, 7) is 6.67. The van der Waals surface area contributed by atoms with Crippen molar-refractivity contribution in [1.82, 2.24) is 0 Å². The van der Waals surface area contributed by atoms with Crippen LogP contribution in [-0.4, -0.2) is 5.91 Å². The number of allylic oxidation sites excluding steroid dienone is 2. The minimum atomic E-state index is -0.713. The first kappa shape index (κ1) is 10.3. The van der Waals surface area contributed by atoms with Gasteiger partial charge in [0.15, 0.2) is 0 Å². The number of carbonyl (C=O) groups is 1. The normalized spacial score (nSPS) is 11.8. The molecule has 11 heavy (non-hydrogen) atoms. The van der Waals surface area contributed by atoms with E-state index in [1.165, 1.54) is 6.08 Å². The molecule has 1 amide bonds. The number of rotatable bonds is 3. The summed E-state index contributed by atoms with van der Waals surface area (Å²) in [5, 5.41) is 0.125. The van der Waals surface area contributed by atoms with Crippen molar-refractivity contribution in [2.24, 2.45) is 5.73 Å². The molecule has 0 heterocycles. The first-order valence-corrected chi connectivity index (χ1v) is 3.43. The molecular formula is C7H7Cl2NO. The zero-order chi connectivity index (χ0) is 9.02. The van der Waals surface area contributed by atoms with Gasteiger partial charge in [-0.05, 0) is 6.08 Å². The second kappa shape index (κ2) is 4.21. The highest BCUT2D eigenvalue weighted by Crippen LogP contribution is 2.19. The molecule has 0 saturated heterocycles. The number of halogens is 2. The van der Waals surface area contributed by atoms with Gasteiger partial charge in [0, 0.05) is 5.03 Å². The standard InChI is InChI=1S/C7H7Cl2NO/c1-3-5(9)6(4(2)8)7(10)11/h3H,1-2H2,(H2,10,11)/b6-5-. The Hall–Kier alpha value is -0.730. The molecule has 0 unspecified atom stereocenters. The highest BCUT2D eigenvalue weighted by atomic mass is 35.5. The van der Waals surface area contributed by atoms with Crippen LogP contribution in [0.25, 0.3) is 0 Å². The Balaban J connectivity index is 5.04. The smallest absolute Gasteiger partial charge is 0.251 e. The maximum atomic E-state index is 10.6. The highest BCUT2D eigenvalue weighted by Gasteiger charge is 2.10. The van der Waals surface area contributed by atoms with Crippen molar-refractivity contribution in [3.63, 3.8) is 0 Å². The average molecular weight is 192 g/mol. The van der Waals surface area contributed by atoms with Gasteiger partial charge in [-0.15, -0.1) is 0 Å². The molecule has 0 aliphatic heterocycles. The second-order valence-corrected chi connectivity index (χ2v) is 2.56. The summed E-state index contributed by atoms with van der Waals surface area (Å²) < 4.78 is 0. The number of hydrogen-bond acceptors (Lipinski definition) is 1. The quantitative estimate of drug-likeness (QED) is 0.538. The first-order chi connectivity index (χ1) is 5.00. The molecule has 0 spiro atoms.